The van der Waals surface area contributed by atoms with Gasteiger partial charge in [-0.15, -0.1) is 0 Å². The number of aryl methyl sites for hydroxylation is 2. The molecule has 0 saturated carbocycles. The molecule has 0 aliphatic carbocycles. The van der Waals surface area contributed by atoms with Gasteiger partial charge in [-0.2, -0.15) is 0 Å². The van der Waals surface area contributed by atoms with Crippen molar-refractivity contribution in [2.75, 3.05) is 0 Å². The number of aromatic nitrogens is 3. The van der Waals surface area contributed by atoms with Gasteiger partial charge in [0.25, 0.3) is 15.9 Å². The highest BCUT2D eigenvalue weighted by atomic mass is 35.5. The summed E-state index contributed by atoms with van der Waals surface area (Å²) >= 11 is 6.09. The molecule has 0 saturated heterocycles. The van der Waals surface area contributed by atoms with Crippen LogP contribution in [0, 0.1) is 12.7 Å². The fourth-order valence-electron chi connectivity index (χ4n) is 2.44. The van der Waals surface area contributed by atoms with E-state index in [0.29, 0.717) is 22.1 Å². The Hall–Kier alpha value is -2.78. The number of nitrogens with zero attached hydrogens (tertiary/aromatic N) is 3. The van der Waals surface area contributed by atoms with E-state index >= 15 is 0 Å². The van der Waals surface area contributed by atoms with Crippen molar-refractivity contribution in [3.05, 3.63) is 64.8 Å². The number of amides is 1. The predicted molar refractivity (Wildman–Crippen MR) is 97.2 cm³/mol. The van der Waals surface area contributed by atoms with E-state index in [1.54, 1.807) is 19.2 Å². The topological polar surface area (TPSA) is 94.0 Å². The Morgan fingerprint density at radius 1 is 1.30 bits per heavy atom. The van der Waals surface area contributed by atoms with Gasteiger partial charge in [0.1, 0.15) is 17.2 Å². The minimum Gasteiger partial charge on any atom is -0.332 e. The maximum atomic E-state index is 13.4. The van der Waals surface area contributed by atoms with Crippen LogP contribution < -0.4 is 4.72 Å². The summed E-state index contributed by atoms with van der Waals surface area (Å²) in [6, 6.07) is 6.57. The van der Waals surface area contributed by atoms with Crippen LogP contribution in [-0.2, 0) is 17.1 Å². The number of hydrogen-bond acceptors (Lipinski definition) is 5. The van der Waals surface area contributed by atoms with Crippen LogP contribution in [0.2, 0.25) is 5.02 Å². The maximum absolute atomic E-state index is 13.4. The highest BCUT2D eigenvalue weighted by Gasteiger charge is 2.24. The summed E-state index contributed by atoms with van der Waals surface area (Å²) in [6.45, 7) is 1.50. The van der Waals surface area contributed by atoms with Gasteiger partial charge in [0, 0.05) is 19.4 Å². The average molecular weight is 409 g/mol. The van der Waals surface area contributed by atoms with Crippen LogP contribution in [0.15, 0.2) is 47.6 Å². The molecular formula is C17H14ClFN4O3S. The second-order valence-corrected chi connectivity index (χ2v) is 7.80. The molecule has 2 aromatic heterocycles. The number of pyridine rings is 1. The van der Waals surface area contributed by atoms with Gasteiger partial charge in [0.05, 0.1) is 9.92 Å². The molecule has 0 aliphatic heterocycles. The Morgan fingerprint density at radius 2 is 2.04 bits per heavy atom. The Labute approximate surface area is 159 Å². The van der Waals surface area contributed by atoms with Crippen molar-refractivity contribution in [3.8, 4) is 11.5 Å². The summed E-state index contributed by atoms with van der Waals surface area (Å²) < 4.78 is 41.7. The molecule has 0 spiro atoms. The number of imidazole rings is 1. The van der Waals surface area contributed by atoms with Crippen molar-refractivity contribution in [1.82, 2.24) is 19.3 Å². The Bertz CT molecular complexity index is 1140. The maximum Gasteiger partial charge on any atom is 0.285 e. The van der Waals surface area contributed by atoms with Crippen LogP contribution in [0.3, 0.4) is 0 Å². The monoisotopic (exact) mass is 408 g/mol. The van der Waals surface area contributed by atoms with Crippen molar-refractivity contribution in [1.29, 1.82) is 0 Å². The molecule has 3 aromatic rings. The quantitative estimate of drug-likeness (QED) is 0.716. The normalized spacial score (nSPS) is 11.4. The summed E-state index contributed by atoms with van der Waals surface area (Å²) in [5.74, 6) is -1.38. The summed E-state index contributed by atoms with van der Waals surface area (Å²) in [6.07, 6.45) is 2.87. The summed E-state index contributed by atoms with van der Waals surface area (Å²) in [7, 11) is -2.65. The molecule has 3 rings (SSSR count). The first-order valence-electron chi connectivity index (χ1n) is 7.66. The van der Waals surface area contributed by atoms with Crippen LogP contribution in [0.5, 0.6) is 0 Å². The largest absolute Gasteiger partial charge is 0.332 e. The van der Waals surface area contributed by atoms with Gasteiger partial charge in [-0.05, 0) is 36.8 Å². The fourth-order valence-corrected chi connectivity index (χ4v) is 3.86. The van der Waals surface area contributed by atoms with Gasteiger partial charge < -0.3 is 4.57 Å². The number of halogens is 2. The van der Waals surface area contributed by atoms with E-state index in [-0.39, 0.29) is 10.6 Å². The van der Waals surface area contributed by atoms with Crippen molar-refractivity contribution in [2.24, 2.45) is 7.05 Å². The molecule has 0 radical (unpaired) electrons. The number of rotatable bonds is 4. The lowest BCUT2D eigenvalue weighted by molar-refractivity contribution is 0.0977. The van der Waals surface area contributed by atoms with Gasteiger partial charge in [-0.1, -0.05) is 17.7 Å². The Morgan fingerprint density at radius 3 is 2.74 bits per heavy atom. The molecule has 10 heteroatoms. The first-order valence-corrected chi connectivity index (χ1v) is 9.52. The van der Waals surface area contributed by atoms with Crippen LogP contribution in [-0.4, -0.2) is 28.9 Å². The summed E-state index contributed by atoms with van der Waals surface area (Å²) in [5.41, 5.74) is 0.509. The fraction of sp³-hybridized carbons (Fsp3) is 0.118. The second kappa shape index (κ2) is 7.09. The van der Waals surface area contributed by atoms with Crippen LogP contribution in [0.1, 0.15) is 16.1 Å². The van der Waals surface area contributed by atoms with Crippen LogP contribution in [0.4, 0.5) is 4.39 Å². The van der Waals surface area contributed by atoms with Gasteiger partial charge in [0.15, 0.2) is 5.82 Å². The molecule has 1 aromatic carbocycles. The van der Waals surface area contributed by atoms with E-state index in [4.69, 9.17) is 11.6 Å². The molecular weight excluding hydrogens is 395 g/mol. The molecule has 0 unspecified atom stereocenters. The Kier molecular flexibility index (Phi) is 4.99. The van der Waals surface area contributed by atoms with E-state index in [9.17, 15) is 17.6 Å². The van der Waals surface area contributed by atoms with Crippen molar-refractivity contribution >= 4 is 27.5 Å². The molecule has 0 atom stereocenters. The van der Waals surface area contributed by atoms with Gasteiger partial charge in [0.2, 0.25) is 0 Å². The smallest absolute Gasteiger partial charge is 0.285 e. The molecule has 0 aliphatic rings. The molecule has 0 bridgehead atoms. The number of sulfonamides is 1. The van der Waals surface area contributed by atoms with Gasteiger partial charge in [-0.25, -0.2) is 22.5 Å². The second-order valence-electron chi connectivity index (χ2n) is 5.74. The number of nitrogens with one attached hydrogen (secondary N) is 1. The van der Waals surface area contributed by atoms with Crippen LogP contribution >= 0.6 is 11.6 Å². The first kappa shape index (κ1) is 19.0. The van der Waals surface area contributed by atoms with E-state index in [0.717, 1.165) is 12.1 Å². The zero-order valence-corrected chi connectivity index (χ0v) is 15.8. The SMILES string of the molecule is Cc1ccc(F)cc1S(=O)(=O)NC(=O)c1cn(C)c(-c2ncccc2Cl)n1. The van der Waals surface area contributed by atoms with E-state index < -0.39 is 21.7 Å². The molecule has 27 heavy (non-hydrogen) atoms. The number of carbonyl (C=O) groups excluding carboxylic acids is 1. The highest BCUT2D eigenvalue weighted by molar-refractivity contribution is 7.90. The minimum absolute atomic E-state index is 0.146. The third kappa shape index (κ3) is 3.83. The lowest BCUT2D eigenvalue weighted by Crippen LogP contribution is -2.31. The molecule has 1 N–H and O–H groups in total. The van der Waals surface area contributed by atoms with Crippen molar-refractivity contribution in [2.45, 2.75) is 11.8 Å². The van der Waals surface area contributed by atoms with Crippen molar-refractivity contribution < 1.29 is 17.6 Å². The molecule has 0 fully saturated rings. The molecule has 7 nitrogen and oxygen atoms in total. The average Bonchev–Trinajstić information content (AvgIpc) is 2.99. The standard InChI is InChI=1S/C17H14ClFN4O3S/c1-10-5-6-11(19)8-14(10)27(25,26)22-17(24)13-9-23(2)16(21-13)15-12(18)4-3-7-20-15/h3-9H,1-2H3,(H,22,24). The zero-order valence-electron chi connectivity index (χ0n) is 14.3. The minimum atomic E-state index is -4.27. The van der Waals surface area contributed by atoms with Crippen LogP contribution in [0.25, 0.3) is 11.5 Å². The summed E-state index contributed by atoms with van der Waals surface area (Å²) in [5, 5.41) is 0.334. The van der Waals surface area contributed by atoms with E-state index in [1.807, 2.05) is 4.72 Å². The number of benzene rings is 1. The lowest BCUT2D eigenvalue weighted by atomic mass is 10.2. The third-order valence-electron chi connectivity index (χ3n) is 3.75. The summed E-state index contributed by atoms with van der Waals surface area (Å²) in [4.78, 5) is 20.3. The Balaban J connectivity index is 1.92. The first-order chi connectivity index (χ1) is 12.7. The van der Waals surface area contributed by atoms with Gasteiger partial charge in [-0.3, -0.25) is 9.78 Å². The van der Waals surface area contributed by atoms with E-state index in [1.165, 1.54) is 30.0 Å². The lowest BCUT2D eigenvalue weighted by Gasteiger charge is -2.08. The van der Waals surface area contributed by atoms with E-state index in [2.05, 4.69) is 9.97 Å². The number of hydrogen-bond donors (Lipinski definition) is 1. The molecule has 140 valence electrons. The number of carbonyl (C=O) groups is 1. The van der Waals surface area contributed by atoms with Gasteiger partial charge >= 0.3 is 0 Å². The molecule has 1 amide bonds. The zero-order chi connectivity index (χ0) is 19.8. The van der Waals surface area contributed by atoms with Crippen molar-refractivity contribution in [3.63, 3.8) is 0 Å². The third-order valence-corrected chi connectivity index (χ3v) is 5.52. The molecule has 2 heterocycles. The highest BCUT2D eigenvalue weighted by Crippen LogP contribution is 2.24. The predicted octanol–water partition coefficient (Wildman–Crippen LogP) is 2.70.